The number of halogens is 3. The molecule has 2 rings (SSSR count). The first-order valence-corrected chi connectivity index (χ1v) is 6.66. The highest BCUT2D eigenvalue weighted by atomic mass is 79.9. The van der Waals surface area contributed by atoms with Crippen LogP contribution in [-0.2, 0) is 6.61 Å². The van der Waals surface area contributed by atoms with Crippen molar-refractivity contribution < 1.29 is 14.1 Å². The zero-order valence-electron chi connectivity index (χ0n) is 9.98. The van der Waals surface area contributed by atoms with E-state index in [1.807, 2.05) is 0 Å². The van der Waals surface area contributed by atoms with Gasteiger partial charge in [-0.2, -0.15) is 0 Å². The minimum atomic E-state index is -0.657. The van der Waals surface area contributed by atoms with Crippen molar-refractivity contribution in [1.29, 1.82) is 0 Å². The van der Waals surface area contributed by atoms with Crippen LogP contribution in [0.3, 0.4) is 0 Å². The van der Waals surface area contributed by atoms with Gasteiger partial charge in [-0.15, -0.1) is 0 Å². The van der Waals surface area contributed by atoms with Gasteiger partial charge in [0.2, 0.25) is 0 Å². The van der Waals surface area contributed by atoms with E-state index >= 15 is 0 Å². The van der Waals surface area contributed by atoms with E-state index < -0.39 is 10.7 Å². The van der Waals surface area contributed by atoms with Gasteiger partial charge in [0.25, 0.3) is 5.69 Å². The molecule has 2 aromatic rings. The molecular formula is C13H8BrClFNO3. The molecule has 20 heavy (non-hydrogen) atoms. The van der Waals surface area contributed by atoms with Crippen LogP contribution in [0.2, 0.25) is 5.02 Å². The van der Waals surface area contributed by atoms with Gasteiger partial charge in [0.15, 0.2) is 11.6 Å². The van der Waals surface area contributed by atoms with Crippen LogP contribution in [0.5, 0.6) is 5.75 Å². The van der Waals surface area contributed by atoms with E-state index in [9.17, 15) is 14.5 Å². The van der Waals surface area contributed by atoms with E-state index in [0.29, 0.717) is 10.0 Å². The zero-order valence-corrected chi connectivity index (χ0v) is 12.3. The molecule has 7 heteroatoms. The fourth-order valence-corrected chi connectivity index (χ4v) is 2.26. The summed E-state index contributed by atoms with van der Waals surface area (Å²) in [6.07, 6.45) is 0. The Bertz CT molecular complexity index is 666. The van der Waals surface area contributed by atoms with E-state index in [1.165, 1.54) is 24.3 Å². The summed E-state index contributed by atoms with van der Waals surface area (Å²) in [7, 11) is 0. The first kappa shape index (κ1) is 14.7. The molecule has 0 unspecified atom stereocenters. The van der Waals surface area contributed by atoms with Gasteiger partial charge in [-0.25, -0.2) is 4.39 Å². The highest BCUT2D eigenvalue weighted by Crippen LogP contribution is 2.30. The molecule has 0 aliphatic carbocycles. The number of nitrogens with zero attached hydrogens (tertiary/aromatic N) is 1. The van der Waals surface area contributed by atoms with Gasteiger partial charge in [0.05, 0.1) is 9.95 Å². The van der Waals surface area contributed by atoms with Gasteiger partial charge in [-0.3, -0.25) is 10.1 Å². The van der Waals surface area contributed by atoms with Crippen molar-refractivity contribution in [2.75, 3.05) is 0 Å². The van der Waals surface area contributed by atoms with Gasteiger partial charge in [-0.05, 0) is 28.1 Å². The maximum absolute atomic E-state index is 13.6. The highest BCUT2D eigenvalue weighted by Gasteiger charge is 2.15. The van der Waals surface area contributed by atoms with Crippen LogP contribution in [0, 0.1) is 15.9 Å². The van der Waals surface area contributed by atoms with Crippen LogP contribution >= 0.6 is 27.5 Å². The third-order valence-electron chi connectivity index (χ3n) is 2.55. The van der Waals surface area contributed by atoms with Crippen LogP contribution < -0.4 is 4.74 Å². The molecule has 0 fully saturated rings. The molecule has 0 aliphatic heterocycles. The molecule has 0 aliphatic rings. The number of ether oxygens (including phenoxy) is 1. The van der Waals surface area contributed by atoms with Crippen LogP contribution in [0.15, 0.2) is 40.9 Å². The Kier molecular flexibility index (Phi) is 4.57. The first-order valence-electron chi connectivity index (χ1n) is 5.49. The van der Waals surface area contributed by atoms with Crippen LogP contribution in [0.1, 0.15) is 5.56 Å². The van der Waals surface area contributed by atoms with Gasteiger partial charge in [0.1, 0.15) is 11.1 Å². The fraction of sp³-hybridized carbons (Fsp3) is 0.0769. The monoisotopic (exact) mass is 359 g/mol. The van der Waals surface area contributed by atoms with Gasteiger partial charge < -0.3 is 4.74 Å². The Hall–Kier alpha value is -1.66. The lowest BCUT2D eigenvalue weighted by atomic mass is 10.2. The maximum Gasteiger partial charge on any atom is 0.283 e. The van der Waals surface area contributed by atoms with Crippen molar-refractivity contribution in [2.24, 2.45) is 0 Å². The zero-order chi connectivity index (χ0) is 14.7. The van der Waals surface area contributed by atoms with Crippen molar-refractivity contribution in [1.82, 2.24) is 0 Å². The lowest BCUT2D eigenvalue weighted by Gasteiger charge is -2.09. The Morgan fingerprint density at radius 2 is 2.00 bits per heavy atom. The van der Waals surface area contributed by atoms with Crippen LogP contribution in [0.4, 0.5) is 10.1 Å². The highest BCUT2D eigenvalue weighted by molar-refractivity contribution is 9.10. The third-order valence-corrected chi connectivity index (χ3v) is 3.76. The molecule has 0 aromatic heterocycles. The summed E-state index contributed by atoms with van der Waals surface area (Å²) in [5.74, 6) is -0.661. The molecule has 0 heterocycles. The fourth-order valence-electron chi connectivity index (χ4n) is 1.57. The topological polar surface area (TPSA) is 52.4 Å². The average Bonchev–Trinajstić information content (AvgIpc) is 2.41. The minimum Gasteiger partial charge on any atom is -0.486 e. The predicted octanol–water partition coefficient (Wildman–Crippen LogP) is 4.73. The number of hydrogen-bond donors (Lipinski definition) is 0. The first-order chi connectivity index (χ1) is 9.50. The number of rotatable bonds is 4. The Balaban J connectivity index is 2.21. The molecule has 4 nitrogen and oxygen atoms in total. The maximum atomic E-state index is 13.6. The molecule has 0 amide bonds. The van der Waals surface area contributed by atoms with E-state index in [0.717, 1.165) is 0 Å². The Labute approximate surface area is 127 Å². The molecule has 2 aromatic carbocycles. The summed E-state index contributed by atoms with van der Waals surface area (Å²) < 4.78 is 19.3. The average molecular weight is 361 g/mol. The van der Waals surface area contributed by atoms with Crippen molar-refractivity contribution in [2.45, 2.75) is 6.61 Å². The van der Waals surface area contributed by atoms with Gasteiger partial charge >= 0.3 is 0 Å². The molecule has 0 atom stereocenters. The second kappa shape index (κ2) is 6.19. The molecule has 0 saturated heterocycles. The van der Waals surface area contributed by atoms with Crippen LogP contribution in [0.25, 0.3) is 0 Å². The number of hydrogen-bond acceptors (Lipinski definition) is 3. The normalized spacial score (nSPS) is 10.3. The van der Waals surface area contributed by atoms with Crippen LogP contribution in [-0.4, -0.2) is 4.92 Å². The van der Waals surface area contributed by atoms with Gasteiger partial charge in [0, 0.05) is 11.6 Å². The molecule has 0 radical (unpaired) electrons. The summed E-state index contributed by atoms with van der Waals surface area (Å²) in [6, 6.07) is 8.96. The molecule has 0 spiro atoms. The second-order valence-corrected chi connectivity index (χ2v) is 5.05. The minimum absolute atomic E-state index is 0.00379. The van der Waals surface area contributed by atoms with Gasteiger partial charge in [-0.1, -0.05) is 29.8 Å². The summed E-state index contributed by atoms with van der Waals surface area (Å²) in [5.41, 5.74) is 0.469. The molecule has 0 saturated carbocycles. The van der Waals surface area contributed by atoms with Crippen molar-refractivity contribution in [3.8, 4) is 5.75 Å². The number of nitro benzene ring substituents is 1. The van der Waals surface area contributed by atoms with E-state index in [1.54, 1.807) is 12.1 Å². The predicted molar refractivity (Wildman–Crippen MR) is 76.5 cm³/mol. The van der Waals surface area contributed by atoms with E-state index in [-0.39, 0.29) is 23.1 Å². The Morgan fingerprint density at radius 1 is 1.30 bits per heavy atom. The number of nitro groups is 1. The Morgan fingerprint density at radius 3 is 2.70 bits per heavy atom. The summed E-state index contributed by atoms with van der Waals surface area (Å²) in [4.78, 5) is 10.3. The largest absolute Gasteiger partial charge is 0.486 e. The SMILES string of the molecule is O=[N+]([O-])c1cccc(COc2cccc(Cl)c2F)c1Br. The summed E-state index contributed by atoms with van der Waals surface area (Å²) in [5, 5.41) is 10.8. The smallest absolute Gasteiger partial charge is 0.283 e. The van der Waals surface area contributed by atoms with Crippen molar-refractivity contribution in [3.63, 3.8) is 0 Å². The van der Waals surface area contributed by atoms with E-state index in [4.69, 9.17) is 16.3 Å². The quantitative estimate of drug-likeness (QED) is 0.585. The third kappa shape index (κ3) is 3.08. The number of benzene rings is 2. The summed E-state index contributed by atoms with van der Waals surface area (Å²) >= 11 is 8.79. The lowest BCUT2D eigenvalue weighted by Crippen LogP contribution is -2.00. The molecular weight excluding hydrogens is 353 g/mol. The second-order valence-electron chi connectivity index (χ2n) is 3.85. The molecule has 104 valence electrons. The standard InChI is InChI=1S/C13H8BrClFNO3/c14-12-8(3-1-5-10(12)17(18)19)7-20-11-6-2-4-9(15)13(11)16/h1-6H,7H2. The molecule has 0 bridgehead atoms. The summed E-state index contributed by atoms with van der Waals surface area (Å²) in [6.45, 7) is -0.0144. The lowest BCUT2D eigenvalue weighted by molar-refractivity contribution is -0.385. The molecule has 0 N–H and O–H groups in total. The van der Waals surface area contributed by atoms with E-state index in [2.05, 4.69) is 15.9 Å². The van der Waals surface area contributed by atoms with Crippen molar-refractivity contribution in [3.05, 3.63) is 67.4 Å². The van der Waals surface area contributed by atoms with Crippen molar-refractivity contribution >= 4 is 33.2 Å².